The third-order valence-corrected chi connectivity index (χ3v) is 7.81. The average Bonchev–Trinajstić information content (AvgIpc) is 3.21. The number of carbonyl (C=O) groups excluding carboxylic acids is 1. The van der Waals surface area contributed by atoms with Gasteiger partial charge in [0.2, 0.25) is 0 Å². The Morgan fingerprint density at radius 1 is 0.944 bits per heavy atom. The zero-order chi connectivity index (χ0) is 26.2. The number of hydrogen-bond donors (Lipinski definition) is 2. The van der Waals surface area contributed by atoms with Crippen molar-refractivity contribution in [1.82, 2.24) is 0 Å². The molecule has 0 bridgehead atoms. The predicted molar refractivity (Wildman–Crippen MR) is 142 cm³/mol. The quantitative estimate of drug-likeness (QED) is 0.341. The molecule has 0 aromatic rings. The Hall–Kier alpha value is 0.673. The molecule has 2 heterocycles. The van der Waals surface area contributed by atoms with Gasteiger partial charge in [0, 0.05) is 25.7 Å². The van der Waals surface area contributed by atoms with E-state index in [0.717, 1.165) is 83.5 Å². The zero-order valence-corrected chi connectivity index (χ0v) is 26.8. The Morgan fingerprint density at radius 2 is 1.47 bits per heavy atom. The molecule has 0 amide bonds. The Balaban J connectivity index is 0.000000324. The van der Waals surface area contributed by atoms with Gasteiger partial charge in [0.1, 0.15) is 5.78 Å². The average molecular weight is 607 g/mol. The molecule has 4 aliphatic rings. The van der Waals surface area contributed by atoms with E-state index in [-0.39, 0.29) is 18.6 Å². The molecule has 0 radical (unpaired) electrons. The molecule has 2 saturated carbocycles. The van der Waals surface area contributed by atoms with E-state index in [2.05, 4.69) is 13.8 Å². The van der Waals surface area contributed by atoms with Gasteiger partial charge in [-0.1, -0.05) is 7.43 Å². The van der Waals surface area contributed by atoms with Gasteiger partial charge in [-0.25, -0.2) is 0 Å². The van der Waals surface area contributed by atoms with Gasteiger partial charge in [0.05, 0.1) is 35.6 Å². The van der Waals surface area contributed by atoms with Crippen molar-refractivity contribution in [2.45, 2.75) is 153 Å². The molecular formula is C27H50Cl2O6Zn. The number of carbonyl (C=O) groups is 1. The van der Waals surface area contributed by atoms with E-state index in [4.69, 9.17) is 33.6 Å². The van der Waals surface area contributed by atoms with E-state index in [1.54, 1.807) is 0 Å². The van der Waals surface area contributed by atoms with Gasteiger partial charge in [0.15, 0.2) is 5.79 Å². The van der Waals surface area contributed by atoms with Gasteiger partial charge in [0.25, 0.3) is 0 Å². The first kappa shape index (κ1) is 34.7. The van der Waals surface area contributed by atoms with E-state index in [9.17, 15) is 15.0 Å². The number of hydrogen-bond acceptors (Lipinski definition) is 6. The van der Waals surface area contributed by atoms with E-state index in [1.807, 2.05) is 13.8 Å². The summed E-state index contributed by atoms with van der Waals surface area (Å²) in [5, 5.41) is 20.2. The summed E-state index contributed by atoms with van der Waals surface area (Å²) in [5.41, 5.74) is -1.15. The molecule has 2 N–H and O–H groups in total. The molecule has 2 saturated heterocycles. The number of ether oxygens (including phenoxy) is 3. The minimum absolute atomic E-state index is 0. The van der Waals surface area contributed by atoms with Crippen LogP contribution in [0.15, 0.2) is 0 Å². The molecule has 2 aliphatic heterocycles. The van der Waals surface area contributed by atoms with Crippen molar-refractivity contribution < 1.29 is 44.4 Å². The number of aliphatic hydroxyl groups is 2. The summed E-state index contributed by atoms with van der Waals surface area (Å²) >= 11 is -0.931. The van der Waals surface area contributed by atoms with Crippen molar-refractivity contribution in [1.29, 1.82) is 0 Å². The van der Waals surface area contributed by atoms with Crippen LogP contribution in [0.3, 0.4) is 0 Å². The summed E-state index contributed by atoms with van der Waals surface area (Å²) in [6.07, 6.45) is 12.3. The zero-order valence-electron chi connectivity index (χ0n) is 22.3. The van der Waals surface area contributed by atoms with Crippen LogP contribution in [0.4, 0.5) is 0 Å². The molecule has 4 rings (SSSR count). The third-order valence-electron chi connectivity index (χ3n) is 7.81. The molecule has 2 spiro atoms. The second-order valence-electron chi connectivity index (χ2n) is 12.0. The van der Waals surface area contributed by atoms with Crippen molar-refractivity contribution in [3.63, 3.8) is 0 Å². The second kappa shape index (κ2) is 14.9. The summed E-state index contributed by atoms with van der Waals surface area (Å²) in [4.78, 5) is 11.2. The normalized spacial score (nSPS) is 25.5. The maximum absolute atomic E-state index is 11.2. The van der Waals surface area contributed by atoms with Crippen LogP contribution in [-0.2, 0) is 34.2 Å². The van der Waals surface area contributed by atoms with Gasteiger partial charge >= 0.3 is 34.5 Å². The predicted octanol–water partition coefficient (Wildman–Crippen LogP) is 6.84. The van der Waals surface area contributed by atoms with Gasteiger partial charge in [-0.15, -0.1) is 0 Å². The summed E-state index contributed by atoms with van der Waals surface area (Å²) < 4.78 is 17.5. The van der Waals surface area contributed by atoms with Crippen molar-refractivity contribution in [2.24, 2.45) is 0 Å². The minimum atomic E-state index is -0.931. The standard InChI is InChI=1S/C14H26O4.C12H20O2.CH4.2ClH.Zn/c1-12(2,15)4-3-5-13(16)6-8-14(9-7-13)17-10-11-18-14;1-11(2)6-3-7-12(14-11)8-4-10(13)5-9-12;;;;/h15-16H,3-11H2,1-2H3;3-9H2,1-2H3;1H4;2*1H;/q;;;;;+2/p-2. The molecule has 36 heavy (non-hydrogen) atoms. The first-order valence-electron chi connectivity index (χ1n) is 13.3. The molecule has 6 nitrogen and oxygen atoms in total. The molecule has 0 aromatic heterocycles. The molecule has 210 valence electrons. The number of ketones is 1. The Kier molecular flexibility index (Phi) is 14.4. The Labute approximate surface area is 235 Å². The molecular weight excluding hydrogens is 557 g/mol. The second-order valence-corrected chi connectivity index (χ2v) is 16.7. The monoisotopic (exact) mass is 604 g/mol. The van der Waals surface area contributed by atoms with E-state index >= 15 is 0 Å². The number of halogens is 2. The van der Waals surface area contributed by atoms with Crippen molar-refractivity contribution in [3.05, 3.63) is 0 Å². The van der Waals surface area contributed by atoms with E-state index in [0.29, 0.717) is 19.0 Å². The Bertz CT molecular complexity index is 641. The SMILES string of the molecule is C.CC(C)(O)CCCC1(O)CCC2(CC1)OCCO2.CC1(C)CCCC2(CCC(=O)CC2)O1.[Cl][Zn][Cl]. The van der Waals surface area contributed by atoms with Gasteiger partial charge in [-0.05, 0) is 91.9 Å². The first-order chi connectivity index (χ1) is 16.3. The summed E-state index contributed by atoms with van der Waals surface area (Å²) in [5.74, 6) is 0.0188. The Morgan fingerprint density at radius 3 is 1.94 bits per heavy atom. The molecule has 4 fully saturated rings. The van der Waals surface area contributed by atoms with Crippen molar-refractivity contribution in [3.8, 4) is 0 Å². The van der Waals surface area contributed by atoms with Crippen LogP contribution in [0.1, 0.15) is 125 Å². The first-order valence-corrected chi connectivity index (χ1v) is 21.1. The molecule has 0 unspecified atom stereocenters. The van der Waals surface area contributed by atoms with Gasteiger partial charge < -0.3 is 24.4 Å². The maximum atomic E-state index is 11.2. The fraction of sp³-hybridized carbons (Fsp3) is 0.963. The molecule has 2 aliphatic carbocycles. The fourth-order valence-electron chi connectivity index (χ4n) is 5.84. The summed E-state index contributed by atoms with van der Waals surface area (Å²) in [6, 6.07) is 0. The van der Waals surface area contributed by atoms with Crippen LogP contribution in [0.2, 0.25) is 0 Å². The van der Waals surface area contributed by atoms with Crippen LogP contribution in [0.25, 0.3) is 0 Å². The van der Waals surface area contributed by atoms with Crippen molar-refractivity contribution >= 4 is 25.2 Å². The molecule has 0 atom stereocenters. The fourth-order valence-corrected chi connectivity index (χ4v) is 5.84. The van der Waals surface area contributed by atoms with Crippen LogP contribution in [-0.4, -0.2) is 57.4 Å². The van der Waals surface area contributed by atoms with Crippen LogP contribution >= 0.6 is 19.4 Å². The van der Waals surface area contributed by atoms with E-state index in [1.165, 1.54) is 6.42 Å². The topological polar surface area (TPSA) is 85.2 Å². The van der Waals surface area contributed by atoms with Crippen LogP contribution < -0.4 is 0 Å². The number of rotatable bonds is 4. The third kappa shape index (κ3) is 11.8. The summed E-state index contributed by atoms with van der Waals surface area (Å²) in [7, 11) is 9.90. The molecule has 9 heteroatoms. The van der Waals surface area contributed by atoms with Gasteiger partial charge in [-0.3, -0.25) is 4.79 Å². The summed E-state index contributed by atoms with van der Waals surface area (Å²) in [6.45, 7) is 9.32. The van der Waals surface area contributed by atoms with Crippen LogP contribution in [0.5, 0.6) is 0 Å². The van der Waals surface area contributed by atoms with Crippen LogP contribution in [0, 0.1) is 0 Å². The van der Waals surface area contributed by atoms with Crippen molar-refractivity contribution in [2.75, 3.05) is 13.2 Å². The van der Waals surface area contributed by atoms with Gasteiger partial charge in [-0.2, -0.15) is 0 Å². The van der Waals surface area contributed by atoms with E-state index < -0.39 is 32.1 Å². The number of Topliss-reactive ketones (excluding diaryl/α,β-unsaturated/α-hetero) is 1. The molecule has 0 aromatic carbocycles.